The molecule has 0 atom stereocenters. The van der Waals surface area contributed by atoms with Crippen LogP contribution in [0.15, 0.2) is 71.1 Å². The summed E-state index contributed by atoms with van der Waals surface area (Å²) < 4.78 is 44.2. The molecule has 0 spiro atoms. The SMILES string of the molecule is Cc1ccc(CNc2ccc3cc(Nc4cccc(C(F)(F)F)c4)ccc3n2)o1. The van der Waals surface area contributed by atoms with Gasteiger partial charge in [0.05, 0.1) is 17.6 Å². The minimum absolute atomic E-state index is 0.374. The number of nitrogens with zero attached hydrogens (tertiary/aromatic N) is 1. The monoisotopic (exact) mass is 397 g/mol. The van der Waals surface area contributed by atoms with E-state index in [2.05, 4.69) is 15.6 Å². The number of aryl methyl sites for hydroxylation is 1. The van der Waals surface area contributed by atoms with Gasteiger partial charge in [-0.05, 0) is 67.6 Å². The minimum Gasteiger partial charge on any atom is -0.465 e. The van der Waals surface area contributed by atoms with Crippen molar-refractivity contribution in [3.63, 3.8) is 0 Å². The number of halogens is 3. The molecular weight excluding hydrogens is 379 g/mol. The first kappa shape index (κ1) is 18.9. The number of anilines is 3. The van der Waals surface area contributed by atoms with Gasteiger partial charge in [-0.15, -0.1) is 0 Å². The smallest absolute Gasteiger partial charge is 0.416 e. The second kappa shape index (κ2) is 7.50. The normalized spacial score (nSPS) is 11.6. The fourth-order valence-electron chi connectivity index (χ4n) is 3.00. The molecule has 148 valence electrons. The Kier molecular flexibility index (Phi) is 4.88. The molecule has 0 fully saturated rings. The molecular formula is C22H18F3N3O. The highest BCUT2D eigenvalue weighted by molar-refractivity contribution is 5.84. The molecule has 2 aromatic carbocycles. The Hall–Kier alpha value is -3.48. The molecule has 0 radical (unpaired) electrons. The first-order valence-corrected chi connectivity index (χ1v) is 9.01. The van der Waals surface area contributed by atoms with Crippen molar-refractivity contribution >= 4 is 28.1 Å². The summed E-state index contributed by atoms with van der Waals surface area (Å²) in [5.41, 5.74) is 1.15. The quantitative estimate of drug-likeness (QED) is 0.403. The molecule has 7 heteroatoms. The number of furan rings is 1. The molecule has 2 heterocycles. The number of fused-ring (bicyclic) bond motifs is 1. The van der Waals surface area contributed by atoms with Crippen LogP contribution in [0.5, 0.6) is 0 Å². The maximum Gasteiger partial charge on any atom is 0.416 e. The van der Waals surface area contributed by atoms with Crippen molar-refractivity contribution in [1.82, 2.24) is 4.98 Å². The van der Waals surface area contributed by atoms with Crippen LogP contribution in [0, 0.1) is 6.92 Å². The fraction of sp³-hybridized carbons (Fsp3) is 0.136. The van der Waals surface area contributed by atoms with Crippen LogP contribution in [-0.4, -0.2) is 4.98 Å². The Morgan fingerprint density at radius 3 is 2.52 bits per heavy atom. The van der Waals surface area contributed by atoms with Gasteiger partial charge in [-0.3, -0.25) is 0 Å². The van der Waals surface area contributed by atoms with Gasteiger partial charge in [0.25, 0.3) is 0 Å². The Bertz CT molecular complexity index is 1150. The molecule has 0 amide bonds. The van der Waals surface area contributed by atoms with E-state index >= 15 is 0 Å². The van der Waals surface area contributed by atoms with E-state index in [-0.39, 0.29) is 0 Å². The molecule has 29 heavy (non-hydrogen) atoms. The van der Waals surface area contributed by atoms with E-state index in [4.69, 9.17) is 4.42 Å². The summed E-state index contributed by atoms with van der Waals surface area (Å²) in [6.45, 7) is 2.42. The molecule has 0 aliphatic rings. The number of rotatable bonds is 5. The topological polar surface area (TPSA) is 50.1 Å². The summed E-state index contributed by atoms with van der Waals surface area (Å²) in [5.74, 6) is 2.39. The zero-order valence-electron chi connectivity index (χ0n) is 15.5. The number of benzene rings is 2. The minimum atomic E-state index is -4.37. The zero-order chi connectivity index (χ0) is 20.4. The van der Waals surface area contributed by atoms with Gasteiger partial charge in [0, 0.05) is 16.8 Å². The van der Waals surface area contributed by atoms with Crippen LogP contribution in [0.3, 0.4) is 0 Å². The first-order chi connectivity index (χ1) is 13.9. The second-order valence-electron chi connectivity index (χ2n) is 6.67. The Morgan fingerprint density at radius 1 is 0.931 bits per heavy atom. The molecule has 4 rings (SSSR count). The van der Waals surface area contributed by atoms with E-state index in [0.29, 0.717) is 23.7 Å². The maximum atomic E-state index is 12.9. The van der Waals surface area contributed by atoms with Crippen LogP contribution in [0.25, 0.3) is 10.9 Å². The van der Waals surface area contributed by atoms with Gasteiger partial charge in [0.15, 0.2) is 0 Å². The van der Waals surface area contributed by atoms with Crippen molar-refractivity contribution in [2.75, 3.05) is 10.6 Å². The third-order valence-corrected chi connectivity index (χ3v) is 4.41. The predicted molar refractivity (Wildman–Crippen MR) is 107 cm³/mol. The average Bonchev–Trinajstić information content (AvgIpc) is 3.11. The lowest BCUT2D eigenvalue weighted by Gasteiger charge is -2.11. The lowest BCUT2D eigenvalue weighted by atomic mass is 10.1. The standard InChI is InChI=1S/C22H18F3N3O/c1-14-5-8-19(29-14)13-26-21-10-6-15-11-18(7-9-20(15)28-21)27-17-4-2-3-16(12-17)22(23,24)25/h2-12,27H,13H2,1H3,(H,26,28). The van der Waals surface area contributed by atoms with E-state index in [0.717, 1.165) is 34.6 Å². The number of aromatic nitrogens is 1. The van der Waals surface area contributed by atoms with Crippen molar-refractivity contribution in [1.29, 1.82) is 0 Å². The predicted octanol–water partition coefficient (Wildman–Crippen LogP) is 6.51. The van der Waals surface area contributed by atoms with E-state index in [1.54, 1.807) is 12.1 Å². The summed E-state index contributed by atoms with van der Waals surface area (Å²) >= 11 is 0. The van der Waals surface area contributed by atoms with Gasteiger partial charge in [0.1, 0.15) is 17.3 Å². The molecule has 0 aliphatic carbocycles. The van der Waals surface area contributed by atoms with Gasteiger partial charge >= 0.3 is 6.18 Å². The van der Waals surface area contributed by atoms with Gasteiger partial charge in [-0.1, -0.05) is 6.07 Å². The molecule has 2 N–H and O–H groups in total. The first-order valence-electron chi connectivity index (χ1n) is 9.01. The molecule has 0 unspecified atom stereocenters. The van der Waals surface area contributed by atoms with Crippen LogP contribution in [0.4, 0.5) is 30.4 Å². The Morgan fingerprint density at radius 2 is 1.76 bits per heavy atom. The summed E-state index contributed by atoms with van der Waals surface area (Å²) in [6.07, 6.45) is -4.37. The van der Waals surface area contributed by atoms with Crippen LogP contribution in [0.2, 0.25) is 0 Å². The van der Waals surface area contributed by atoms with Crippen molar-refractivity contribution in [2.24, 2.45) is 0 Å². The van der Waals surface area contributed by atoms with E-state index in [1.165, 1.54) is 6.07 Å². The molecule has 0 bridgehead atoms. The summed E-state index contributed by atoms with van der Waals surface area (Å²) in [5, 5.41) is 7.11. The summed E-state index contributed by atoms with van der Waals surface area (Å²) in [4.78, 5) is 4.56. The highest BCUT2D eigenvalue weighted by atomic mass is 19.4. The number of hydrogen-bond donors (Lipinski definition) is 2. The van der Waals surface area contributed by atoms with Crippen molar-refractivity contribution < 1.29 is 17.6 Å². The highest BCUT2D eigenvalue weighted by Crippen LogP contribution is 2.31. The molecule has 0 aliphatic heterocycles. The van der Waals surface area contributed by atoms with E-state index in [1.807, 2.05) is 43.3 Å². The van der Waals surface area contributed by atoms with Crippen LogP contribution < -0.4 is 10.6 Å². The number of hydrogen-bond acceptors (Lipinski definition) is 4. The van der Waals surface area contributed by atoms with Crippen molar-refractivity contribution in [3.05, 3.63) is 83.8 Å². The van der Waals surface area contributed by atoms with Gasteiger partial charge < -0.3 is 15.1 Å². The van der Waals surface area contributed by atoms with Crippen LogP contribution >= 0.6 is 0 Å². The van der Waals surface area contributed by atoms with Gasteiger partial charge in [-0.25, -0.2) is 4.98 Å². The van der Waals surface area contributed by atoms with Crippen LogP contribution in [0.1, 0.15) is 17.1 Å². The van der Waals surface area contributed by atoms with Crippen molar-refractivity contribution in [2.45, 2.75) is 19.6 Å². The summed E-state index contributed by atoms with van der Waals surface area (Å²) in [6, 6.07) is 18.2. The zero-order valence-corrected chi connectivity index (χ0v) is 15.5. The van der Waals surface area contributed by atoms with Gasteiger partial charge in [0.2, 0.25) is 0 Å². The highest BCUT2D eigenvalue weighted by Gasteiger charge is 2.30. The number of nitrogens with one attached hydrogen (secondary N) is 2. The third-order valence-electron chi connectivity index (χ3n) is 4.41. The Labute approximate surface area is 165 Å². The third kappa shape index (κ3) is 4.51. The molecule has 0 saturated heterocycles. The number of alkyl halides is 3. The van der Waals surface area contributed by atoms with Crippen LogP contribution in [-0.2, 0) is 12.7 Å². The van der Waals surface area contributed by atoms with E-state index in [9.17, 15) is 13.2 Å². The van der Waals surface area contributed by atoms with Gasteiger partial charge in [-0.2, -0.15) is 13.2 Å². The summed E-state index contributed by atoms with van der Waals surface area (Å²) in [7, 11) is 0. The lowest BCUT2D eigenvalue weighted by Crippen LogP contribution is -2.05. The fourth-order valence-corrected chi connectivity index (χ4v) is 3.00. The van der Waals surface area contributed by atoms with Crippen molar-refractivity contribution in [3.8, 4) is 0 Å². The Balaban J connectivity index is 1.50. The van der Waals surface area contributed by atoms with E-state index < -0.39 is 11.7 Å². The molecule has 4 aromatic rings. The largest absolute Gasteiger partial charge is 0.465 e. The number of pyridine rings is 1. The molecule has 4 nitrogen and oxygen atoms in total. The molecule has 0 saturated carbocycles. The maximum absolute atomic E-state index is 12.9. The average molecular weight is 397 g/mol. The molecule has 2 aromatic heterocycles. The second-order valence-corrected chi connectivity index (χ2v) is 6.67. The lowest BCUT2D eigenvalue weighted by molar-refractivity contribution is -0.137.